The number of rotatable bonds is 8. The Morgan fingerprint density at radius 3 is 2.00 bits per heavy atom. The van der Waals surface area contributed by atoms with E-state index in [0.29, 0.717) is 0 Å². The molecule has 0 bridgehead atoms. The summed E-state index contributed by atoms with van der Waals surface area (Å²) in [6.45, 7) is 5.80. The Morgan fingerprint density at radius 2 is 1.39 bits per heavy atom. The number of hydrogen-bond acceptors (Lipinski definition) is 2. The monoisotopic (exact) mass is 376 g/mol. The van der Waals surface area contributed by atoms with Crippen LogP contribution in [-0.2, 0) is 9.47 Å². The normalized spacial score (nSPS) is 16.0. The maximum Gasteiger partial charge on any atom is 0.0502 e. The molecular formula is C26H32O2. The summed E-state index contributed by atoms with van der Waals surface area (Å²) in [6.07, 6.45) is 4.13. The highest BCUT2D eigenvalue weighted by molar-refractivity contribution is 5.92. The molecular weight excluding hydrogens is 344 g/mol. The molecule has 0 spiro atoms. The second kappa shape index (κ2) is 9.86. The van der Waals surface area contributed by atoms with Crippen molar-refractivity contribution in [3.8, 4) is 0 Å². The van der Waals surface area contributed by atoms with Crippen LogP contribution in [0.1, 0.15) is 47.9 Å². The van der Waals surface area contributed by atoms with Crippen LogP contribution in [-0.4, -0.2) is 27.4 Å². The lowest BCUT2D eigenvalue weighted by Gasteiger charge is -2.17. The topological polar surface area (TPSA) is 18.5 Å². The molecule has 0 amide bonds. The second-order valence-corrected chi connectivity index (χ2v) is 7.65. The molecule has 0 unspecified atom stereocenters. The van der Waals surface area contributed by atoms with Gasteiger partial charge in [-0.2, -0.15) is 0 Å². The van der Waals surface area contributed by atoms with E-state index in [1.165, 1.54) is 44.5 Å². The zero-order chi connectivity index (χ0) is 19.9. The molecule has 2 aromatic rings. The first-order valence-corrected chi connectivity index (χ1v) is 10.2. The van der Waals surface area contributed by atoms with Crippen molar-refractivity contribution in [1.82, 2.24) is 0 Å². The molecule has 148 valence electrons. The van der Waals surface area contributed by atoms with Gasteiger partial charge in [0.1, 0.15) is 0 Å². The standard InChI is InChI=1S/C26H32O2/c1-19-5-9-21(10-6-19)24(16-18-28-4)25-14-13-23(15-17-27-3)26(25)22-11-7-20(2)8-12-22/h5-12H,13-18H2,1-4H3/b25-24+. The summed E-state index contributed by atoms with van der Waals surface area (Å²) in [6, 6.07) is 17.9. The summed E-state index contributed by atoms with van der Waals surface area (Å²) in [7, 11) is 3.57. The van der Waals surface area contributed by atoms with E-state index in [-0.39, 0.29) is 0 Å². The van der Waals surface area contributed by atoms with Gasteiger partial charge in [0, 0.05) is 20.8 Å². The average molecular weight is 377 g/mol. The van der Waals surface area contributed by atoms with Crippen molar-refractivity contribution >= 4 is 11.1 Å². The second-order valence-electron chi connectivity index (χ2n) is 7.65. The largest absolute Gasteiger partial charge is 0.384 e. The van der Waals surface area contributed by atoms with Crippen LogP contribution >= 0.6 is 0 Å². The molecule has 0 heterocycles. The third-order valence-electron chi connectivity index (χ3n) is 5.60. The van der Waals surface area contributed by atoms with Gasteiger partial charge in [-0.25, -0.2) is 0 Å². The Bertz CT molecular complexity index is 839. The first-order chi connectivity index (χ1) is 13.6. The van der Waals surface area contributed by atoms with Crippen molar-refractivity contribution in [2.24, 2.45) is 0 Å². The van der Waals surface area contributed by atoms with Crippen LogP contribution < -0.4 is 0 Å². The third kappa shape index (κ3) is 4.81. The zero-order valence-electron chi connectivity index (χ0n) is 17.7. The average Bonchev–Trinajstić information content (AvgIpc) is 3.12. The molecule has 0 saturated heterocycles. The van der Waals surface area contributed by atoms with E-state index in [1.54, 1.807) is 14.2 Å². The summed E-state index contributed by atoms with van der Waals surface area (Å²) < 4.78 is 10.9. The zero-order valence-corrected chi connectivity index (χ0v) is 17.7. The van der Waals surface area contributed by atoms with Crippen molar-refractivity contribution in [3.05, 3.63) is 81.9 Å². The predicted molar refractivity (Wildman–Crippen MR) is 118 cm³/mol. The maximum absolute atomic E-state index is 5.46. The van der Waals surface area contributed by atoms with Gasteiger partial charge in [-0.1, -0.05) is 65.2 Å². The Kier molecular flexibility index (Phi) is 7.24. The quantitative estimate of drug-likeness (QED) is 0.532. The fraction of sp³-hybridized carbons (Fsp3) is 0.385. The number of benzene rings is 2. The summed E-state index contributed by atoms with van der Waals surface area (Å²) >= 11 is 0. The molecule has 1 aliphatic rings. The van der Waals surface area contributed by atoms with Gasteiger partial charge in [-0.3, -0.25) is 0 Å². The van der Waals surface area contributed by atoms with Crippen LogP contribution in [0.5, 0.6) is 0 Å². The molecule has 0 fully saturated rings. The summed E-state index contributed by atoms with van der Waals surface area (Å²) in [4.78, 5) is 0. The summed E-state index contributed by atoms with van der Waals surface area (Å²) in [5, 5.41) is 0. The molecule has 0 saturated carbocycles. The van der Waals surface area contributed by atoms with Crippen molar-refractivity contribution < 1.29 is 9.47 Å². The van der Waals surface area contributed by atoms with Gasteiger partial charge < -0.3 is 9.47 Å². The van der Waals surface area contributed by atoms with Crippen LogP contribution in [0, 0.1) is 13.8 Å². The Labute approximate surface area is 169 Å². The van der Waals surface area contributed by atoms with E-state index in [2.05, 4.69) is 62.4 Å². The highest BCUT2D eigenvalue weighted by Crippen LogP contribution is 2.44. The minimum atomic E-state index is 0.737. The van der Waals surface area contributed by atoms with Gasteiger partial charge in [-0.15, -0.1) is 0 Å². The minimum absolute atomic E-state index is 0.737. The highest BCUT2D eigenvalue weighted by Gasteiger charge is 2.24. The fourth-order valence-corrected chi connectivity index (χ4v) is 4.04. The first-order valence-electron chi connectivity index (χ1n) is 10.2. The van der Waals surface area contributed by atoms with Gasteiger partial charge in [0.2, 0.25) is 0 Å². The lowest BCUT2D eigenvalue weighted by Crippen LogP contribution is -1.99. The minimum Gasteiger partial charge on any atom is -0.384 e. The molecule has 2 aromatic carbocycles. The van der Waals surface area contributed by atoms with Gasteiger partial charge in [-0.05, 0) is 67.4 Å². The number of aryl methyl sites for hydroxylation is 2. The summed E-state index contributed by atoms with van der Waals surface area (Å²) in [5.41, 5.74) is 11.1. The Balaban J connectivity index is 2.13. The van der Waals surface area contributed by atoms with Gasteiger partial charge >= 0.3 is 0 Å². The Hall–Kier alpha value is -2.16. The molecule has 0 aliphatic heterocycles. The lowest BCUT2D eigenvalue weighted by atomic mass is 9.89. The van der Waals surface area contributed by atoms with Crippen molar-refractivity contribution in [1.29, 1.82) is 0 Å². The maximum atomic E-state index is 5.46. The summed E-state index contributed by atoms with van der Waals surface area (Å²) in [5.74, 6) is 0. The van der Waals surface area contributed by atoms with Crippen molar-refractivity contribution in [2.75, 3.05) is 27.4 Å². The van der Waals surface area contributed by atoms with Crippen LogP contribution in [0.3, 0.4) is 0 Å². The number of ether oxygens (including phenoxy) is 2. The van der Waals surface area contributed by atoms with Crippen molar-refractivity contribution in [2.45, 2.75) is 39.5 Å². The van der Waals surface area contributed by atoms with E-state index in [0.717, 1.165) is 38.9 Å². The Morgan fingerprint density at radius 1 is 0.786 bits per heavy atom. The molecule has 1 aliphatic carbocycles. The number of methoxy groups -OCH3 is 2. The number of allylic oxidation sites excluding steroid dienone is 2. The molecule has 2 heteroatoms. The van der Waals surface area contributed by atoms with E-state index in [9.17, 15) is 0 Å². The van der Waals surface area contributed by atoms with Gasteiger partial charge in [0.15, 0.2) is 0 Å². The molecule has 0 atom stereocenters. The SMILES string of the molecule is COCCC1=C(c2ccc(C)cc2)/C(=C(\CCOC)c2ccc(C)cc2)CC1. The molecule has 3 rings (SSSR count). The van der Waals surface area contributed by atoms with E-state index < -0.39 is 0 Å². The fourth-order valence-electron chi connectivity index (χ4n) is 4.04. The van der Waals surface area contributed by atoms with Crippen LogP contribution in [0.25, 0.3) is 11.1 Å². The molecule has 0 aromatic heterocycles. The van der Waals surface area contributed by atoms with E-state index >= 15 is 0 Å². The highest BCUT2D eigenvalue weighted by atomic mass is 16.5. The molecule has 28 heavy (non-hydrogen) atoms. The van der Waals surface area contributed by atoms with Crippen LogP contribution in [0.15, 0.2) is 59.7 Å². The predicted octanol–water partition coefficient (Wildman–Crippen LogP) is 6.38. The van der Waals surface area contributed by atoms with Crippen LogP contribution in [0.2, 0.25) is 0 Å². The molecule has 2 nitrogen and oxygen atoms in total. The smallest absolute Gasteiger partial charge is 0.0502 e. The van der Waals surface area contributed by atoms with Gasteiger partial charge in [0.05, 0.1) is 6.61 Å². The lowest BCUT2D eigenvalue weighted by molar-refractivity contribution is 0.202. The van der Waals surface area contributed by atoms with Crippen molar-refractivity contribution in [3.63, 3.8) is 0 Å². The first kappa shape index (κ1) is 20.6. The third-order valence-corrected chi connectivity index (χ3v) is 5.60. The van der Waals surface area contributed by atoms with Gasteiger partial charge in [0.25, 0.3) is 0 Å². The molecule has 0 N–H and O–H groups in total. The van der Waals surface area contributed by atoms with E-state index in [4.69, 9.17) is 9.47 Å². The van der Waals surface area contributed by atoms with E-state index in [1.807, 2.05) is 0 Å². The van der Waals surface area contributed by atoms with Crippen LogP contribution in [0.4, 0.5) is 0 Å². The molecule has 0 radical (unpaired) electrons. The number of hydrogen-bond donors (Lipinski definition) is 0.